The summed E-state index contributed by atoms with van der Waals surface area (Å²) in [6.45, 7) is 4.36. The van der Waals surface area contributed by atoms with Gasteiger partial charge in [-0.05, 0) is 0 Å². The Hall–Kier alpha value is -1.55. The molecule has 120 valence electrons. The monoisotopic (exact) mass is 325 g/mol. The Kier molecular flexibility index (Phi) is 4.98. The minimum Gasteiger partial charge on any atom is -0.390 e. The summed E-state index contributed by atoms with van der Waals surface area (Å²) in [4.78, 5) is 4.12. The first kappa shape index (κ1) is 15.3. The predicted molar refractivity (Wildman–Crippen MR) is 81.9 cm³/mol. The van der Waals surface area contributed by atoms with Crippen LogP contribution in [0.1, 0.15) is 0 Å². The molecule has 22 heavy (non-hydrogen) atoms. The highest BCUT2D eigenvalue weighted by Crippen LogP contribution is 2.26. The van der Waals surface area contributed by atoms with E-state index in [1.165, 1.54) is 17.6 Å². The summed E-state index contributed by atoms with van der Waals surface area (Å²) in [7, 11) is 1.90. The average molecular weight is 325 g/mol. The van der Waals surface area contributed by atoms with E-state index < -0.39 is 6.10 Å². The van der Waals surface area contributed by atoms with Crippen LogP contribution >= 0.6 is 11.3 Å². The van der Waals surface area contributed by atoms with Crippen molar-refractivity contribution < 1.29 is 14.4 Å². The molecule has 3 heterocycles. The van der Waals surface area contributed by atoms with Crippen molar-refractivity contribution >= 4 is 16.5 Å². The SMILES string of the molecule is CN(C[C@H](O)CN1CCOCC1)c1nnc(-c2ccon2)s1. The number of hydrogen-bond donors (Lipinski definition) is 1. The van der Waals surface area contributed by atoms with Crippen LogP contribution < -0.4 is 4.90 Å². The van der Waals surface area contributed by atoms with Crippen LogP contribution in [0.15, 0.2) is 16.9 Å². The highest BCUT2D eigenvalue weighted by molar-refractivity contribution is 7.18. The zero-order valence-electron chi connectivity index (χ0n) is 12.4. The quantitative estimate of drug-likeness (QED) is 0.812. The van der Waals surface area contributed by atoms with Crippen molar-refractivity contribution in [3.63, 3.8) is 0 Å². The number of β-amino-alcohol motifs (C(OH)–C–C–N with tert-alkyl or cyclic N) is 1. The Balaban J connectivity index is 1.53. The summed E-state index contributed by atoms with van der Waals surface area (Å²) in [5.41, 5.74) is 0.672. The standard InChI is InChI=1S/C13H19N5O3S/c1-17(8-10(19)9-18-3-6-20-7-4-18)13-15-14-12(22-13)11-2-5-21-16-11/h2,5,10,19H,3-4,6-9H2,1H3/t10-/m0/s1. The number of aliphatic hydroxyl groups excluding tert-OH is 1. The molecular formula is C13H19N5O3S. The normalized spacial score (nSPS) is 17.5. The Labute approximate surface area is 132 Å². The first-order valence-electron chi connectivity index (χ1n) is 7.16. The summed E-state index contributed by atoms with van der Waals surface area (Å²) >= 11 is 1.42. The second-order valence-electron chi connectivity index (χ2n) is 5.22. The van der Waals surface area contributed by atoms with Gasteiger partial charge in [0.25, 0.3) is 0 Å². The van der Waals surface area contributed by atoms with Gasteiger partial charge < -0.3 is 19.3 Å². The minimum absolute atomic E-state index is 0.442. The number of rotatable bonds is 6. The number of likely N-dealkylation sites (N-methyl/N-ethyl adjacent to an activating group) is 1. The van der Waals surface area contributed by atoms with Crippen molar-refractivity contribution in [3.05, 3.63) is 12.3 Å². The van der Waals surface area contributed by atoms with E-state index in [9.17, 15) is 5.11 Å². The fraction of sp³-hybridized carbons (Fsp3) is 0.615. The van der Waals surface area contributed by atoms with Crippen LogP contribution in [0.3, 0.4) is 0 Å². The molecule has 2 aromatic heterocycles. The topological polar surface area (TPSA) is 87.8 Å². The Morgan fingerprint density at radius 3 is 2.95 bits per heavy atom. The molecule has 0 unspecified atom stereocenters. The molecule has 1 aliphatic heterocycles. The van der Waals surface area contributed by atoms with Gasteiger partial charge in [0.15, 0.2) is 5.01 Å². The van der Waals surface area contributed by atoms with Crippen LogP contribution in [0.25, 0.3) is 10.7 Å². The van der Waals surface area contributed by atoms with Crippen LogP contribution in [-0.2, 0) is 4.74 Å². The van der Waals surface area contributed by atoms with Gasteiger partial charge in [-0.15, -0.1) is 10.2 Å². The first-order valence-corrected chi connectivity index (χ1v) is 7.97. The van der Waals surface area contributed by atoms with Gasteiger partial charge in [-0.3, -0.25) is 4.90 Å². The molecule has 1 saturated heterocycles. The lowest BCUT2D eigenvalue weighted by Crippen LogP contribution is -2.44. The maximum Gasteiger partial charge on any atom is 0.208 e. The third kappa shape index (κ3) is 3.80. The number of ether oxygens (including phenoxy) is 1. The molecule has 0 aromatic carbocycles. The molecule has 0 spiro atoms. The largest absolute Gasteiger partial charge is 0.390 e. The van der Waals surface area contributed by atoms with Gasteiger partial charge in [0.05, 0.1) is 19.3 Å². The van der Waals surface area contributed by atoms with E-state index in [2.05, 4.69) is 20.3 Å². The van der Waals surface area contributed by atoms with E-state index in [1.54, 1.807) is 6.07 Å². The molecule has 1 aliphatic rings. The maximum atomic E-state index is 10.2. The summed E-state index contributed by atoms with van der Waals surface area (Å²) in [6, 6.07) is 1.75. The summed E-state index contributed by atoms with van der Waals surface area (Å²) in [6.07, 6.45) is 1.06. The summed E-state index contributed by atoms with van der Waals surface area (Å²) < 4.78 is 10.1. The lowest BCUT2D eigenvalue weighted by Gasteiger charge is -2.29. The molecule has 2 aromatic rings. The van der Waals surface area contributed by atoms with Gasteiger partial charge in [0.1, 0.15) is 12.0 Å². The molecule has 0 amide bonds. The third-order valence-corrected chi connectivity index (χ3v) is 4.52. The van der Waals surface area contributed by atoms with E-state index in [0.717, 1.165) is 31.4 Å². The van der Waals surface area contributed by atoms with Crippen LogP contribution in [0.2, 0.25) is 0 Å². The summed E-state index contributed by atoms with van der Waals surface area (Å²) in [5.74, 6) is 0. The van der Waals surface area contributed by atoms with Gasteiger partial charge in [-0.2, -0.15) is 0 Å². The average Bonchev–Trinajstić information content (AvgIpc) is 3.19. The van der Waals surface area contributed by atoms with Crippen LogP contribution in [0.4, 0.5) is 5.13 Å². The number of aromatic nitrogens is 3. The molecule has 0 bridgehead atoms. The minimum atomic E-state index is -0.442. The fourth-order valence-corrected chi connectivity index (χ4v) is 3.11. The second kappa shape index (κ2) is 7.14. The molecule has 0 aliphatic carbocycles. The Morgan fingerprint density at radius 2 is 2.23 bits per heavy atom. The molecule has 0 saturated carbocycles. The van der Waals surface area contributed by atoms with E-state index in [4.69, 9.17) is 9.26 Å². The van der Waals surface area contributed by atoms with Crippen LogP contribution in [0.5, 0.6) is 0 Å². The van der Waals surface area contributed by atoms with E-state index in [-0.39, 0.29) is 0 Å². The lowest BCUT2D eigenvalue weighted by molar-refractivity contribution is 0.0162. The van der Waals surface area contributed by atoms with Crippen molar-refractivity contribution in [2.45, 2.75) is 6.10 Å². The predicted octanol–water partition coefficient (Wildman–Crippen LogP) is 0.322. The molecule has 1 atom stereocenters. The zero-order valence-corrected chi connectivity index (χ0v) is 13.2. The molecule has 0 radical (unpaired) electrons. The number of anilines is 1. The van der Waals surface area contributed by atoms with Crippen LogP contribution in [0, 0.1) is 0 Å². The number of aliphatic hydroxyl groups is 1. The molecular weight excluding hydrogens is 306 g/mol. The molecule has 8 nitrogen and oxygen atoms in total. The Morgan fingerprint density at radius 1 is 1.41 bits per heavy atom. The van der Waals surface area contributed by atoms with Crippen LogP contribution in [-0.4, -0.2) is 77.9 Å². The third-order valence-electron chi connectivity index (χ3n) is 3.46. The maximum absolute atomic E-state index is 10.2. The highest BCUT2D eigenvalue weighted by atomic mass is 32.1. The second-order valence-corrected chi connectivity index (χ2v) is 6.18. The van der Waals surface area contributed by atoms with Crippen molar-refractivity contribution in [1.29, 1.82) is 0 Å². The van der Waals surface area contributed by atoms with Crippen molar-refractivity contribution in [2.75, 3.05) is 51.3 Å². The smallest absolute Gasteiger partial charge is 0.208 e. The van der Waals surface area contributed by atoms with Gasteiger partial charge in [-0.25, -0.2) is 0 Å². The van der Waals surface area contributed by atoms with E-state index >= 15 is 0 Å². The van der Waals surface area contributed by atoms with E-state index in [0.29, 0.717) is 23.8 Å². The fourth-order valence-electron chi connectivity index (χ4n) is 2.33. The molecule has 1 fully saturated rings. The van der Waals surface area contributed by atoms with Gasteiger partial charge in [0.2, 0.25) is 5.13 Å². The van der Waals surface area contributed by atoms with Gasteiger partial charge >= 0.3 is 0 Å². The highest BCUT2D eigenvalue weighted by Gasteiger charge is 2.18. The zero-order chi connectivity index (χ0) is 15.4. The van der Waals surface area contributed by atoms with Crippen molar-refractivity contribution in [3.8, 4) is 10.7 Å². The number of nitrogens with zero attached hydrogens (tertiary/aromatic N) is 5. The summed E-state index contributed by atoms with van der Waals surface area (Å²) in [5, 5.41) is 23.8. The lowest BCUT2D eigenvalue weighted by atomic mass is 10.3. The number of hydrogen-bond acceptors (Lipinski definition) is 9. The molecule has 1 N–H and O–H groups in total. The van der Waals surface area contributed by atoms with Gasteiger partial charge in [0, 0.05) is 39.3 Å². The first-order chi connectivity index (χ1) is 10.7. The van der Waals surface area contributed by atoms with E-state index in [1.807, 2.05) is 11.9 Å². The molecule has 3 rings (SSSR count). The van der Waals surface area contributed by atoms with Gasteiger partial charge in [-0.1, -0.05) is 16.5 Å². The number of morpholine rings is 1. The molecule has 9 heteroatoms. The van der Waals surface area contributed by atoms with Crippen molar-refractivity contribution in [2.24, 2.45) is 0 Å². The Bertz CT molecular complexity index is 570. The van der Waals surface area contributed by atoms with Crippen molar-refractivity contribution in [1.82, 2.24) is 20.3 Å².